The average Bonchev–Trinajstić information content (AvgIpc) is 2.85. The molecule has 1 aromatic carbocycles. The van der Waals surface area contributed by atoms with Crippen molar-refractivity contribution in [2.75, 3.05) is 6.54 Å². The van der Waals surface area contributed by atoms with Crippen LogP contribution in [0.25, 0.3) is 0 Å². The first kappa shape index (κ1) is 14.5. The number of rotatable bonds is 5. The second-order valence-corrected chi connectivity index (χ2v) is 5.70. The summed E-state index contributed by atoms with van der Waals surface area (Å²) in [7, 11) is 0. The van der Waals surface area contributed by atoms with E-state index in [2.05, 4.69) is 23.7 Å². The van der Waals surface area contributed by atoms with E-state index in [0.717, 1.165) is 13.0 Å². The first-order valence-electron chi connectivity index (χ1n) is 6.42. The Balaban J connectivity index is 2.45. The highest BCUT2D eigenvalue weighted by Crippen LogP contribution is 2.32. The van der Waals surface area contributed by atoms with Crippen LogP contribution in [0.4, 0.5) is 4.39 Å². The number of nitrogens with one attached hydrogen (secondary N) is 1. The molecular formula is C15H17ClFNS. The molecule has 4 heteroatoms. The van der Waals surface area contributed by atoms with Crippen molar-refractivity contribution in [1.29, 1.82) is 0 Å². The maximum atomic E-state index is 14.1. The molecule has 0 aliphatic rings. The van der Waals surface area contributed by atoms with E-state index in [4.69, 9.17) is 11.6 Å². The molecule has 0 saturated carbocycles. The summed E-state index contributed by atoms with van der Waals surface area (Å²) in [5, 5.41) is 5.85. The van der Waals surface area contributed by atoms with Gasteiger partial charge < -0.3 is 5.32 Å². The lowest BCUT2D eigenvalue weighted by Crippen LogP contribution is -2.23. The van der Waals surface area contributed by atoms with Crippen molar-refractivity contribution in [1.82, 2.24) is 5.32 Å². The highest BCUT2D eigenvalue weighted by atomic mass is 35.5. The quantitative estimate of drug-likeness (QED) is 0.836. The summed E-state index contributed by atoms with van der Waals surface area (Å²) < 4.78 is 14.1. The Hall–Kier alpha value is -0.900. The lowest BCUT2D eigenvalue weighted by Gasteiger charge is -2.19. The predicted octanol–water partition coefficient (Wildman–Crippen LogP) is 4.80. The first-order valence-corrected chi connectivity index (χ1v) is 7.67. The van der Waals surface area contributed by atoms with Crippen molar-refractivity contribution in [3.63, 3.8) is 0 Å². The lowest BCUT2D eigenvalue weighted by molar-refractivity contribution is 0.561. The number of aryl methyl sites for hydroxylation is 1. The summed E-state index contributed by atoms with van der Waals surface area (Å²) in [5.74, 6) is -0.256. The van der Waals surface area contributed by atoms with Crippen molar-refractivity contribution in [3.8, 4) is 0 Å². The van der Waals surface area contributed by atoms with Crippen LogP contribution in [0.2, 0.25) is 5.02 Å². The minimum Gasteiger partial charge on any atom is -0.306 e. The Morgan fingerprint density at radius 1 is 1.32 bits per heavy atom. The second kappa shape index (κ2) is 6.51. The molecule has 1 N–H and O–H groups in total. The van der Waals surface area contributed by atoms with Crippen molar-refractivity contribution >= 4 is 22.9 Å². The number of hydrogen-bond donors (Lipinski definition) is 1. The van der Waals surface area contributed by atoms with Crippen LogP contribution in [0.5, 0.6) is 0 Å². The van der Waals surface area contributed by atoms with Gasteiger partial charge in [-0.2, -0.15) is 0 Å². The molecule has 0 saturated heterocycles. The van der Waals surface area contributed by atoms with E-state index >= 15 is 0 Å². The third-order valence-corrected chi connectivity index (χ3v) is 4.36. The molecule has 0 aliphatic carbocycles. The zero-order valence-electron chi connectivity index (χ0n) is 11.0. The maximum absolute atomic E-state index is 14.1. The standard InChI is InChI=1S/C15H17ClFNS/c1-3-10-7-8-19-15(10)14(18-4-2)12-6-5-11(16)9-13(12)17/h5-9,14,18H,3-4H2,1-2H3. The summed E-state index contributed by atoms with van der Waals surface area (Å²) in [5.41, 5.74) is 1.92. The van der Waals surface area contributed by atoms with Gasteiger partial charge in [0.2, 0.25) is 0 Å². The van der Waals surface area contributed by atoms with Gasteiger partial charge in [0.15, 0.2) is 0 Å². The van der Waals surface area contributed by atoms with Crippen LogP contribution in [-0.2, 0) is 6.42 Å². The van der Waals surface area contributed by atoms with Gasteiger partial charge in [-0.25, -0.2) is 4.39 Å². The fourth-order valence-corrected chi connectivity index (χ4v) is 3.42. The average molecular weight is 298 g/mol. The van der Waals surface area contributed by atoms with Gasteiger partial charge >= 0.3 is 0 Å². The first-order chi connectivity index (χ1) is 9.17. The molecule has 0 bridgehead atoms. The topological polar surface area (TPSA) is 12.0 Å². The molecule has 0 fully saturated rings. The Labute approximate surface area is 122 Å². The highest BCUT2D eigenvalue weighted by Gasteiger charge is 2.20. The van der Waals surface area contributed by atoms with Crippen LogP contribution in [0.3, 0.4) is 0 Å². The molecule has 2 rings (SSSR count). The Bertz CT molecular complexity index is 553. The third-order valence-electron chi connectivity index (χ3n) is 3.11. The number of hydrogen-bond acceptors (Lipinski definition) is 2. The Morgan fingerprint density at radius 3 is 2.74 bits per heavy atom. The molecule has 0 spiro atoms. The predicted molar refractivity (Wildman–Crippen MR) is 80.6 cm³/mol. The smallest absolute Gasteiger partial charge is 0.129 e. The van der Waals surface area contributed by atoms with Gasteiger partial charge in [0.05, 0.1) is 6.04 Å². The Kier molecular flexibility index (Phi) is 4.97. The monoisotopic (exact) mass is 297 g/mol. The summed E-state index contributed by atoms with van der Waals surface area (Å²) in [6.45, 7) is 4.93. The zero-order valence-corrected chi connectivity index (χ0v) is 12.6. The van der Waals surface area contributed by atoms with Crippen LogP contribution >= 0.6 is 22.9 Å². The largest absolute Gasteiger partial charge is 0.306 e. The summed E-state index contributed by atoms with van der Waals surface area (Å²) in [4.78, 5) is 1.19. The van der Waals surface area contributed by atoms with E-state index < -0.39 is 0 Å². The van der Waals surface area contributed by atoms with E-state index in [1.165, 1.54) is 16.5 Å². The summed E-state index contributed by atoms with van der Waals surface area (Å²) in [6.07, 6.45) is 0.954. The van der Waals surface area contributed by atoms with Gasteiger partial charge in [-0.1, -0.05) is 31.5 Å². The molecular weight excluding hydrogens is 281 g/mol. The van der Waals surface area contributed by atoms with Crippen LogP contribution in [0, 0.1) is 5.82 Å². The molecule has 1 heterocycles. The van der Waals surface area contributed by atoms with E-state index in [-0.39, 0.29) is 11.9 Å². The van der Waals surface area contributed by atoms with Crippen LogP contribution in [0.1, 0.15) is 35.9 Å². The highest BCUT2D eigenvalue weighted by molar-refractivity contribution is 7.10. The normalized spacial score (nSPS) is 12.6. The van der Waals surface area contributed by atoms with E-state index in [1.54, 1.807) is 23.5 Å². The molecule has 102 valence electrons. The third kappa shape index (κ3) is 3.16. The molecule has 0 aliphatic heterocycles. The van der Waals surface area contributed by atoms with Crippen molar-refractivity contribution < 1.29 is 4.39 Å². The van der Waals surface area contributed by atoms with Gasteiger partial charge in [-0.3, -0.25) is 0 Å². The molecule has 1 unspecified atom stereocenters. The SMILES string of the molecule is CCNC(c1ccc(Cl)cc1F)c1sccc1CC. The van der Waals surface area contributed by atoms with Crippen LogP contribution in [-0.4, -0.2) is 6.54 Å². The fraction of sp³-hybridized carbons (Fsp3) is 0.333. The lowest BCUT2D eigenvalue weighted by atomic mass is 10.0. The molecule has 1 atom stereocenters. The minimum absolute atomic E-state index is 0.0998. The van der Waals surface area contributed by atoms with E-state index in [0.29, 0.717) is 10.6 Å². The zero-order chi connectivity index (χ0) is 13.8. The summed E-state index contributed by atoms with van der Waals surface area (Å²) >= 11 is 7.49. The molecule has 0 amide bonds. The fourth-order valence-electron chi connectivity index (χ4n) is 2.18. The van der Waals surface area contributed by atoms with Gasteiger partial charge in [0, 0.05) is 15.5 Å². The van der Waals surface area contributed by atoms with Gasteiger partial charge in [0.1, 0.15) is 5.82 Å². The van der Waals surface area contributed by atoms with Gasteiger partial charge in [-0.05, 0) is 42.1 Å². The van der Waals surface area contributed by atoms with Crippen LogP contribution < -0.4 is 5.32 Å². The van der Waals surface area contributed by atoms with E-state index in [9.17, 15) is 4.39 Å². The minimum atomic E-state index is -0.256. The van der Waals surface area contributed by atoms with Gasteiger partial charge in [0.25, 0.3) is 0 Å². The molecule has 2 aromatic rings. The second-order valence-electron chi connectivity index (χ2n) is 4.32. The van der Waals surface area contributed by atoms with Crippen molar-refractivity contribution in [3.05, 3.63) is 56.5 Å². The van der Waals surface area contributed by atoms with Crippen molar-refractivity contribution in [2.45, 2.75) is 26.3 Å². The maximum Gasteiger partial charge on any atom is 0.129 e. The van der Waals surface area contributed by atoms with E-state index in [1.807, 2.05) is 6.92 Å². The number of thiophene rings is 1. The number of benzene rings is 1. The molecule has 1 nitrogen and oxygen atoms in total. The summed E-state index contributed by atoms with van der Waals surface area (Å²) in [6, 6.07) is 6.89. The van der Waals surface area contributed by atoms with Crippen LogP contribution in [0.15, 0.2) is 29.6 Å². The Morgan fingerprint density at radius 2 is 2.11 bits per heavy atom. The molecule has 0 radical (unpaired) electrons. The molecule has 19 heavy (non-hydrogen) atoms. The van der Waals surface area contributed by atoms with Crippen molar-refractivity contribution in [2.24, 2.45) is 0 Å². The molecule has 1 aromatic heterocycles. The number of halogens is 2. The van der Waals surface area contributed by atoms with Gasteiger partial charge in [-0.15, -0.1) is 11.3 Å².